The van der Waals surface area contributed by atoms with Gasteiger partial charge in [-0.2, -0.15) is 5.10 Å². The minimum absolute atomic E-state index is 0.0552. The van der Waals surface area contributed by atoms with Crippen LogP contribution in [0.3, 0.4) is 0 Å². The van der Waals surface area contributed by atoms with Gasteiger partial charge in [0.05, 0.1) is 24.7 Å². The minimum atomic E-state index is -0.0743. The first kappa shape index (κ1) is 15.5. The fourth-order valence-corrected chi connectivity index (χ4v) is 2.59. The molecule has 1 aromatic heterocycles. The predicted molar refractivity (Wildman–Crippen MR) is 79.4 cm³/mol. The van der Waals surface area contributed by atoms with Gasteiger partial charge in [0.25, 0.3) is 0 Å². The molecule has 6 heteroatoms. The summed E-state index contributed by atoms with van der Waals surface area (Å²) >= 11 is 0. The molecule has 0 bridgehead atoms. The standard InChI is InChI=1S/C15H24N4O2/c1-11(2)7-15(21)18-9-12-5-6-16-19(12)13(10-18)8-14(20)17(3)4/h5-6,11,13H,7-10H2,1-4H3/t13-/m0/s1. The van der Waals surface area contributed by atoms with Crippen molar-refractivity contribution in [2.75, 3.05) is 20.6 Å². The number of fused-ring (bicyclic) bond motifs is 1. The van der Waals surface area contributed by atoms with E-state index in [0.717, 1.165) is 5.69 Å². The Labute approximate surface area is 125 Å². The number of amides is 2. The summed E-state index contributed by atoms with van der Waals surface area (Å²) in [6, 6.07) is 1.84. The maximum Gasteiger partial charge on any atom is 0.224 e. The second-order valence-corrected chi connectivity index (χ2v) is 6.29. The van der Waals surface area contributed by atoms with Crippen molar-refractivity contribution in [1.29, 1.82) is 0 Å². The molecular formula is C15H24N4O2. The molecule has 0 radical (unpaired) electrons. The summed E-state index contributed by atoms with van der Waals surface area (Å²) in [7, 11) is 3.49. The molecule has 0 aliphatic carbocycles. The lowest BCUT2D eigenvalue weighted by molar-refractivity contribution is -0.136. The van der Waals surface area contributed by atoms with E-state index in [-0.39, 0.29) is 17.9 Å². The third-order valence-corrected chi connectivity index (χ3v) is 3.73. The zero-order valence-electron chi connectivity index (χ0n) is 13.2. The van der Waals surface area contributed by atoms with E-state index in [2.05, 4.69) is 5.10 Å². The molecule has 0 aromatic carbocycles. The van der Waals surface area contributed by atoms with Crippen LogP contribution in [0.5, 0.6) is 0 Å². The zero-order chi connectivity index (χ0) is 15.6. The van der Waals surface area contributed by atoms with E-state index >= 15 is 0 Å². The highest BCUT2D eigenvalue weighted by Crippen LogP contribution is 2.24. The lowest BCUT2D eigenvalue weighted by Crippen LogP contribution is -2.43. The summed E-state index contributed by atoms with van der Waals surface area (Å²) in [5.74, 6) is 0.547. The molecule has 0 unspecified atom stereocenters. The van der Waals surface area contributed by atoms with Crippen LogP contribution < -0.4 is 0 Å². The number of carbonyl (C=O) groups excluding carboxylic acids is 2. The quantitative estimate of drug-likeness (QED) is 0.840. The Bertz CT molecular complexity index is 521. The molecule has 21 heavy (non-hydrogen) atoms. The molecule has 0 fully saturated rings. The van der Waals surface area contributed by atoms with Crippen molar-refractivity contribution in [2.45, 2.75) is 39.3 Å². The van der Waals surface area contributed by atoms with Crippen LogP contribution in [0.2, 0.25) is 0 Å². The lowest BCUT2D eigenvalue weighted by Gasteiger charge is -2.34. The maximum atomic E-state index is 12.3. The van der Waals surface area contributed by atoms with Crippen LogP contribution in [-0.4, -0.2) is 52.0 Å². The van der Waals surface area contributed by atoms with Crippen LogP contribution in [0.15, 0.2) is 12.3 Å². The molecule has 2 rings (SSSR count). The van der Waals surface area contributed by atoms with Crippen molar-refractivity contribution in [3.05, 3.63) is 18.0 Å². The number of hydrogen-bond acceptors (Lipinski definition) is 3. The number of carbonyl (C=O) groups is 2. The first-order chi connectivity index (χ1) is 9.88. The fourth-order valence-electron chi connectivity index (χ4n) is 2.59. The van der Waals surface area contributed by atoms with Gasteiger partial charge in [-0.05, 0) is 12.0 Å². The molecular weight excluding hydrogens is 268 g/mol. The highest BCUT2D eigenvalue weighted by molar-refractivity contribution is 5.78. The van der Waals surface area contributed by atoms with Gasteiger partial charge in [0.1, 0.15) is 0 Å². The molecule has 1 atom stereocenters. The van der Waals surface area contributed by atoms with Gasteiger partial charge in [0.15, 0.2) is 0 Å². The molecule has 116 valence electrons. The molecule has 2 amide bonds. The second kappa shape index (κ2) is 6.28. The van der Waals surface area contributed by atoms with Crippen LogP contribution >= 0.6 is 0 Å². The smallest absolute Gasteiger partial charge is 0.224 e. The van der Waals surface area contributed by atoms with Gasteiger partial charge in [0, 0.05) is 33.3 Å². The second-order valence-electron chi connectivity index (χ2n) is 6.29. The fraction of sp³-hybridized carbons (Fsp3) is 0.667. The van der Waals surface area contributed by atoms with Gasteiger partial charge in [0.2, 0.25) is 11.8 Å². The van der Waals surface area contributed by atoms with Gasteiger partial charge >= 0.3 is 0 Å². The Morgan fingerprint density at radius 2 is 2.14 bits per heavy atom. The average molecular weight is 292 g/mol. The Kier molecular flexibility index (Phi) is 4.65. The Morgan fingerprint density at radius 1 is 1.43 bits per heavy atom. The average Bonchev–Trinajstić information content (AvgIpc) is 2.85. The first-order valence-corrected chi connectivity index (χ1v) is 7.38. The molecule has 1 aliphatic heterocycles. The van der Waals surface area contributed by atoms with E-state index in [1.54, 1.807) is 25.2 Å². The van der Waals surface area contributed by atoms with Gasteiger partial charge in [-0.25, -0.2) is 0 Å². The molecule has 6 nitrogen and oxygen atoms in total. The lowest BCUT2D eigenvalue weighted by atomic mass is 10.1. The first-order valence-electron chi connectivity index (χ1n) is 7.38. The van der Waals surface area contributed by atoms with Crippen molar-refractivity contribution in [2.24, 2.45) is 5.92 Å². The van der Waals surface area contributed by atoms with Crippen LogP contribution in [0, 0.1) is 5.92 Å². The normalized spacial score (nSPS) is 17.8. The van der Waals surface area contributed by atoms with E-state index in [0.29, 0.717) is 31.8 Å². The maximum absolute atomic E-state index is 12.3. The molecule has 0 spiro atoms. The van der Waals surface area contributed by atoms with E-state index < -0.39 is 0 Å². The van der Waals surface area contributed by atoms with Gasteiger partial charge in [-0.1, -0.05) is 13.8 Å². The van der Waals surface area contributed by atoms with Crippen molar-refractivity contribution < 1.29 is 9.59 Å². The van der Waals surface area contributed by atoms with Crippen molar-refractivity contribution in [3.8, 4) is 0 Å². The summed E-state index contributed by atoms with van der Waals surface area (Å²) in [4.78, 5) is 27.7. The summed E-state index contributed by atoms with van der Waals surface area (Å²) in [5.41, 5.74) is 0.995. The Morgan fingerprint density at radius 3 is 2.76 bits per heavy atom. The van der Waals surface area contributed by atoms with Gasteiger partial charge in [-0.3, -0.25) is 14.3 Å². The predicted octanol–water partition coefficient (Wildman–Crippen LogP) is 1.29. The molecule has 1 aliphatic rings. The van der Waals surface area contributed by atoms with E-state index in [4.69, 9.17) is 0 Å². The van der Waals surface area contributed by atoms with Crippen molar-refractivity contribution >= 4 is 11.8 Å². The van der Waals surface area contributed by atoms with Crippen LogP contribution in [0.4, 0.5) is 0 Å². The third-order valence-electron chi connectivity index (χ3n) is 3.73. The van der Waals surface area contributed by atoms with Crippen LogP contribution in [0.1, 0.15) is 38.4 Å². The molecule has 0 saturated heterocycles. The summed E-state index contributed by atoms with van der Waals surface area (Å²) in [5, 5.41) is 4.31. The van der Waals surface area contributed by atoms with E-state index in [1.165, 1.54) is 0 Å². The van der Waals surface area contributed by atoms with Crippen molar-refractivity contribution in [1.82, 2.24) is 19.6 Å². The number of rotatable bonds is 4. The Hall–Kier alpha value is -1.85. The highest BCUT2D eigenvalue weighted by atomic mass is 16.2. The Balaban J connectivity index is 2.14. The molecule has 0 saturated carbocycles. The molecule has 0 N–H and O–H groups in total. The number of nitrogens with zero attached hydrogens (tertiary/aromatic N) is 4. The monoisotopic (exact) mass is 292 g/mol. The third kappa shape index (κ3) is 3.62. The van der Waals surface area contributed by atoms with Crippen molar-refractivity contribution in [3.63, 3.8) is 0 Å². The van der Waals surface area contributed by atoms with Gasteiger partial charge in [-0.15, -0.1) is 0 Å². The van der Waals surface area contributed by atoms with E-state index in [9.17, 15) is 9.59 Å². The highest BCUT2D eigenvalue weighted by Gasteiger charge is 2.30. The molecule has 2 heterocycles. The SMILES string of the molecule is CC(C)CC(=O)N1Cc2ccnn2[C@@H](CC(=O)N(C)C)C1. The number of aromatic nitrogens is 2. The van der Waals surface area contributed by atoms with Crippen LogP contribution in [0.25, 0.3) is 0 Å². The molecule has 1 aromatic rings. The minimum Gasteiger partial charge on any atom is -0.349 e. The summed E-state index contributed by atoms with van der Waals surface area (Å²) in [6.07, 6.45) is 2.65. The summed E-state index contributed by atoms with van der Waals surface area (Å²) < 4.78 is 1.89. The number of hydrogen-bond donors (Lipinski definition) is 0. The summed E-state index contributed by atoms with van der Waals surface area (Å²) in [6.45, 7) is 5.22. The zero-order valence-corrected chi connectivity index (χ0v) is 13.2. The van der Waals surface area contributed by atoms with Gasteiger partial charge < -0.3 is 9.80 Å². The van der Waals surface area contributed by atoms with Crippen LogP contribution in [-0.2, 0) is 16.1 Å². The largest absolute Gasteiger partial charge is 0.349 e. The topological polar surface area (TPSA) is 58.4 Å². The van der Waals surface area contributed by atoms with E-state index in [1.807, 2.05) is 29.5 Å².